The fraction of sp³-hybridized carbons (Fsp3) is 0.267. The number of hydrogen-bond acceptors (Lipinski definition) is 2. The van der Waals surface area contributed by atoms with Crippen molar-refractivity contribution < 1.29 is 14.3 Å². The quantitative estimate of drug-likeness (QED) is 0.873. The zero-order valence-electron chi connectivity index (χ0n) is 10.4. The van der Waals surface area contributed by atoms with Gasteiger partial charge in [0.1, 0.15) is 5.82 Å². The number of hydrogen-bond donors (Lipinski definition) is 1. The molecule has 0 aliphatic carbocycles. The molecule has 4 heteroatoms. The second kappa shape index (κ2) is 6.48. The van der Waals surface area contributed by atoms with Crippen LogP contribution in [-0.4, -0.2) is 11.1 Å². The molecule has 0 saturated heterocycles. The summed E-state index contributed by atoms with van der Waals surface area (Å²) in [5, 5.41) is 11.2. The lowest BCUT2D eigenvalue weighted by atomic mass is 9.94. The summed E-state index contributed by atoms with van der Waals surface area (Å²) in [6.07, 6.45) is 1.50. The van der Waals surface area contributed by atoms with E-state index in [0.29, 0.717) is 12.0 Å². The van der Waals surface area contributed by atoms with Crippen LogP contribution in [0.2, 0.25) is 0 Å². The van der Waals surface area contributed by atoms with E-state index < -0.39 is 11.9 Å². The van der Waals surface area contributed by atoms with Gasteiger partial charge >= 0.3 is 5.97 Å². The third-order valence-electron chi connectivity index (χ3n) is 3.09. The van der Waals surface area contributed by atoms with Crippen LogP contribution >= 0.6 is 11.3 Å². The van der Waals surface area contributed by atoms with Crippen molar-refractivity contribution in [2.75, 3.05) is 0 Å². The highest BCUT2D eigenvalue weighted by atomic mass is 32.1. The van der Waals surface area contributed by atoms with Crippen LogP contribution in [-0.2, 0) is 17.6 Å². The third-order valence-corrected chi connectivity index (χ3v) is 4.03. The molecule has 0 bridgehead atoms. The lowest BCUT2D eigenvalue weighted by Gasteiger charge is -2.12. The molecule has 1 heterocycles. The van der Waals surface area contributed by atoms with E-state index in [-0.39, 0.29) is 12.2 Å². The Balaban J connectivity index is 2.00. The van der Waals surface area contributed by atoms with E-state index in [0.717, 1.165) is 6.42 Å². The van der Waals surface area contributed by atoms with Gasteiger partial charge in [-0.25, -0.2) is 4.39 Å². The van der Waals surface area contributed by atoms with Crippen LogP contribution in [0.5, 0.6) is 0 Å². The Bertz CT molecular complexity index is 537. The van der Waals surface area contributed by atoms with Crippen molar-refractivity contribution in [3.63, 3.8) is 0 Å². The van der Waals surface area contributed by atoms with Gasteiger partial charge in [-0.1, -0.05) is 24.3 Å². The molecule has 2 nitrogen and oxygen atoms in total. The highest BCUT2D eigenvalue weighted by Crippen LogP contribution is 2.19. The van der Waals surface area contributed by atoms with Gasteiger partial charge in [0.15, 0.2) is 0 Å². The van der Waals surface area contributed by atoms with Gasteiger partial charge in [-0.15, -0.1) is 11.3 Å². The number of aryl methyl sites for hydroxylation is 1. The standard InChI is InChI=1S/C15H15FO2S/c16-14-6-2-1-4-11(14)10-12(15(17)18)7-8-13-5-3-9-19-13/h1-6,9,12H,7-8,10H2,(H,17,18). The summed E-state index contributed by atoms with van der Waals surface area (Å²) in [5.41, 5.74) is 0.473. The van der Waals surface area contributed by atoms with Crippen molar-refractivity contribution in [1.29, 1.82) is 0 Å². The minimum Gasteiger partial charge on any atom is -0.481 e. The van der Waals surface area contributed by atoms with Gasteiger partial charge in [-0.3, -0.25) is 4.79 Å². The van der Waals surface area contributed by atoms with Gasteiger partial charge in [0.05, 0.1) is 5.92 Å². The largest absolute Gasteiger partial charge is 0.481 e. The van der Waals surface area contributed by atoms with Gasteiger partial charge in [0.2, 0.25) is 0 Å². The molecular formula is C15H15FO2S. The highest BCUT2D eigenvalue weighted by Gasteiger charge is 2.19. The van der Waals surface area contributed by atoms with E-state index in [1.165, 1.54) is 10.9 Å². The minimum absolute atomic E-state index is 0.243. The molecule has 0 aliphatic rings. The SMILES string of the molecule is O=C(O)C(CCc1cccs1)Cc1ccccc1F. The molecule has 0 saturated carbocycles. The summed E-state index contributed by atoms with van der Waals surface area (Å²) >= 11 is 1.62. The number of halogens is 1. The second-order valence-corrected chi connectivity index (χ2v) is 5.48. The Morgan fingerprint density at radius 2 is 2.05 bits per heavy atom. The van der Waals surface area contributed by atoms with Gasteiger partial charge in [0.25, 0.3) is 0 Å². The first-order chi connectivity index (χ1) is 9.16. The summed E-state index contributed by atoms with van der Waals surface area (Å²) in [6, 6.07) is 10.3. The summed E-state index contributed by atoms with van der Waals surface area (Å²) in [7, 11) is 0. The molecule has 2 aromatic rings. The first-order valence-corrected chi connectivity index (χ1v) is 7.03. The van der Waals surface area contributed by atoms with Gasteiger partial charge in [0, 0.05) is 4.88 Å². The molecule has 1 aromatic carbocycles. The third kappa shape index (κ3) is 3.89. The average Bonchev–Trinajstić information content (AvgIpc) is 2.89. The Morgan fingerprint density at radius 1 is 1.26 bits per heavy atom. The van der Waals surface area contributed by atoms with E-state index in [1.54, 1.807) is 29.5 Å². The molecule has 1 aromatic heterocycles. The molecule has 2 rings (SSSR count). The van der Waals surface area contributed by atoms with Crippen LogP contribution in [0.15, 0.2) is 41.8 Å². The zero-order valence-corrected chi connectivity index (χ0v) is 11.2. The second-order valence-electron chi connectivity index (χ2n) is 4.45. The van der Waals surface area contributed by atoms with Crippen LogP contribution in [0.4, 0.5) is 4.39 Å². The minimum atomic E-state index is -0.861. The van der Waals surface area contributed by atoms with Crippen molar-refractivity contribution >= 4 is 17.3 Å². The van der Waals surface area contributed by atoms with Gasteiger partial charge in [-0.05, 0) is 42.3 Å². The predicted molar refractivity (Wildman–Crippen MR) is 73.9 cm³/mol. The van der Waals surface area contributed by atoms with E-state index in [4.69, 9.17) is 0 Å². The van der Waals surface area contributed by atoms with Crippen LogP contribution in [0.1, 0.15) is 16.9 Å². The van der Waals surface area contributed by atoms with Gasteiger partial charge < -0.3 is 5.11 Å². The van der Waals surface area contributed by atoms with Crippen LogP contribution < -0.4 is 0 Å². The number of carboxylic acid groups (broad SMARTS) is 1. The number of carboxylic acids is 1. The molecule has 0 amide bonds. The molecule has 1 N–H and O–H groups in total. The monoisotopic (exact) mass is 278 g/mol. The van der Waals surface area contributed by atoms with E-state index in [9.17, 15) is 14.3 Å². The summed E-state index contributed by atoms with van der Waals surface area (Å²) < 4.78 is 13.5. The van der Waals surface area contributed by atoms with Crippen molar-refractivity contribution in [2.24, 2.45) is 5.92 Å². The molecule has 0 fully saturated rings. The maximum Gasteiger partial charge on any atom is 0.306 e. The van der Waals surface area contributed by atoms with Crippen molar-refractivity contribution in [1.82, 2.24) is 0 Å². The lowest BCUT2D eigenvalue weighted by molar-refractivity contribution is -0.141. The van der Waals surface area contributed by atoms with E-state index in [2.05, 4.69) is 0 Å². The maximum atomic E-state index is 13.5. The van der Waals surface area contributed by atoms with Crippen molar-refractivity contribution in [3.8, 4) is 0 Å². The molecule has 1 unspecified atom stereocenters. The van der Waals surface area contributed by atoms with Crippen LogP contribution in [0.25, 0.3) is 0 Å². The Morgan fingerprint density at radius 3 is 2.68 bits per heavy atom. The number of thiophene rings is 1. The maximum absolute atomic E-state index is 13.5. The summed E-state index contributed by atoms with van der Waals surface area (Å²) in [6.45, 7) is 0. The summed E-state index contributed by atoms with van der Waals surface area (Å²) in [5.74, 6) is -1.73. The predicted octanol–water partition coefficient (Wildman–Crippen LogP) is 3.76. The first kappa shape index (κ1) is 13.7. The highest BCUT2D eigenvalue weighted by molar-refractivity contribution is 7.09. The van der Waals surface area contributed by atoms with Gasteiger partial charge in [-0.2, -0.15) is 0 Å². The van der Waals surface area contributed by atoms with Crippen LogP contribution in [0, 0.1) is 11.7 Å². The Labute approximate surface area is 115 Å². The fourth-order valence-electron chi connectivity index (χ4n) is 2.01. The van der Waals surface area contributed by atoms with E-state index >= 15 is 0 Å². The van der Waals surface area contributed by atoms with Crippen LogP contribution in [0.3, 0.4) is 0 Å². The first-order valence-electron chi connectivity index (χ1n) is 6.15. The average molecular weight is 278 g/mol. The molecule has 0 spiro atoms. The molecule has 19 heavy (non-hydrogen) atoms. The van der Waals surface area contributed by atoms with Crippen molar-refractivity contribution in [3.05, 3.63) is 58.0 Å². The lowest BCUT2D eigenvalue weighted by Crippen LogP contribution is -2.17. The Hall–Kier alpha value is -1.68. The summed E-state index contributed by atoms with van der Waals surface area (Å²) in [4.78, 5) is 12.4. The molecule has 1 atom stereocenters. The van der Waals surface area contributed by atoms with E-state index in [1.807, 2.05) is 17.5 Å². The molecule has 0 aliphatic heterocycles. The topological polar surface area (TPSA) is 37.3 Å². The molecule has 0 radical (unpaired) electrons. The zero-order chi connectivity index (χ0) is 13.7. The molecular weight excluding hydrogens is 263 g/mol. The smallest absolute Gasteiger partial charge is 0.306 e. The number of aliphatic carboxylic acids is 1. The number of rotatable bonds is 6. The fourth-order valence-corrected chi connectivity index (χ4v) is 2.74. The molecule has 100 valence electrons. The number of benzene rings is 1. The normalized spacial score (nSPS) is 12.3. The Kier molecular flexibility index (Phi) is 4.68. The number of carbonyl (C=O) groups is 1. The van der Waals surface area contributed by atoms with Crippen molar-refractivity contribution in [2.45, 2.75) is 19.3 Å².